The maximum absolute atomic E-state index is 12.1. The van der Waals surface area contributed by atoms with Gasteiger partial charge in [-0.3, -0.25) is 4.79 Å². The third-order valence-corrected chi connectivity index (χ3v) is 3.07. The van der Waals surface area contributed by atoms with Gasteiger partial charge in [-0.25, -0.2) is 0 Å². The predicted octanol–water partition coefficient (Wildman–Crippen LogP) is 3.40. The molecule has 1 aromatic carbocycles. The molecule has 0 fully saturated rings. The molecule has 1 nitrogen and oxygen atoms in total. The number of hydrogen-bond acceptors (Lipinski definition) is 1. The first-order valence-electron chi connectivity index (χ1n) is 5.56. The predicted molar refractivity (Wildman–Crippen MR) is 62.0 cm³/mol. The molecule has 0 aliphatic heterocycles. The van der Waals surface area contributed by atoms with Crippen molar-refractivity contribution >= 4 is 5.78 Å². The number of hydrogen-bond donors (Lipinski definition) is 0. The zero-order chi connectivity index (χ0) is 10.7. The van der Waals surface area contributed by atoms with E-state index >= 15 is 0 Å². The fraction of sp³-hybridized carbons (Fsp3) is 0.357. The topological polar surface area (TPSA) is 17.1 Å². The van der Waals surface area contributed by atoms with Crippen molar-refractivity contribution in [3.63, 3.8) is 0 Å². The van der Waals surface area contributed by atoms with Crippen molar-refractivity contribution in [3.05, 3.63) is 47.5 Å². The molecular formula is C14H16O. The number of ketones is 1. The molecule has 1 heteroatoms. The number of fused-ring (bicyclic) bond motifs is 1. The van der Waals surface area contributed by atoms with E-state index in [2.05, 4.69) is 12.1 Å². The summed E-state index contributed by atoms with van der Waals surface area (Å²) in [5, 5.41) is 0. The van der Waals surface area contributed by atoms with E-state index in [4.69, 9.17) is 0 Å². The van der Waals surface area contributed by atoms with E-state index in [1.54, 1.807) is 0 Å². The van der Waals surface area contributed by atoms with E-state index in [0.29, 0.717) is 5.78 Å². The number of allylic oxidation sites excluding steroid dienone is 2. The molecule has 1 atom stereocenters. The highest BCUT2D eigenvalue weighted by Crippen LogP contribution is 2.27. The minimum Gasteiger partial charge on any atom is -0.294 e. The van der Waals surface area contributed by atoms with Crippen LogP contribution in [-0.2, 0) is 6.42 Å². The molecule has 0 radical (unpaired) electrons. The van der Waals surface area contributed by atoms with Crippen LogP contribution >= 0.6 is 0 Å². The van der Waals surface area contributed by atoms with Gasteiger partial charge in [-0.15, -0.1) is 0 Å². The van der Waals surface area contributed by atoms with Crippen molar-refractivity contribution in [1.29, 1.82) is 0 Å². The number of rotatable bonds is 2. The van der Waals surface area contributed by atoms with Crippen LogP contribution in [0.3, 0.4) is 0 Å². The Labute approximate surface area is 90.8 Å². The average Bonchev–Trinajstić information content (AvgIpc) is 2.29. The summed E-state index contributed by atoms with van der Waals surface area (Å²) in [4.78, 5) is 12.1. The first kappa shape index (κ1) is 10.2. The minimum absolute atomic E-state index is 0.205. The Morgan fingerprint density at radius 3 is 3.00 bits per heavy atom. The van der Waals surface area contributed by atoms with Crippen molar-refractivity contribution in [2.45, 2.75) is 26.2 Å². The van der Waals surface area contributed by atoms with Crippen LogP contribution in [0.4, 0.5) is 0 Å². The first-order chi connectivity index (χ1) is 7.33. The SMILES string of the molecule is CC=CCC1CCc2ccccc2C1=O. The lowest BCUT2D eigenvalue weighted by Gasteiger charge is -2.22. The summed E-state index contributed by atoms with van der Waals surface area (Å²) in [6.45, 7) is 2.00. The summed E-state index contributed by atoms with van der Waals surface area (Å²) in [6.07, 6.45) is 7.05. The highest BCUT2D eigenvalue weighted by Gasteiger charge is 2.25. The fourth-order valence-electron chi connectivity index (χ4n) is 2.18. The second-order valence-corrected chi connectivity index (χ2v) is 4.06. The van der Waals surface area contributed by atoms with Crippen molar-refractivity contribution in [3.8, 4) is 0 Å². The van der Waals surface area contributed by atoms with E-state index in [1.807, 2.05) is 31.2 Å². The van der Waals surface area contributed by atoms with Gasteiger partial charge in [0.1, 0.15) is 0 Å². The maximum atomic E-state index is 12.1. The van der Waals surface area contributed by atoms with Gasteiger partial charge in [-0.05, 0) is 31.7 Å². The van der Waals surface area contributed by atoms with E-state index in [0.717, 1.165) is 24.8 Å². The summed E-state index contributed by atoms with van der Waals surface area (Å²) in [5.41, 5.74) is 2.16. The van der Waals surface area contributed by atoms with Crippen LogP contribution in [0.25, 0.3) is 0 Å². The quantitative estimate of drug-likeness (QED) is 0.669. The van der Waals surface area contributed by atoms with Gasteiger partial charge in [0.25, 0.3) is 0 Å². The Kier molecular flexibility index (Phi) is 3.00. The van der Waals surface area contributed by atoms with E-state index in [-0.39, 0.29) is 5.92 Å². The smallest absolute Gasteiger partial charge is 0.166 e. The van der Waals surface area contributed by atoms with Crippen LogP contribution in [0, 0.1) is 5.92 Å². The number of aryl methyl sites for hydroxylation is 1. The van der Waals surface area contributed by atoms with Crippen LogP contribution in [0.1, 0.15) is 35.7 Å². The van der Waals surface area contributed by atoms with Gasteiger partial charge in [0.15, 0.2) is 5.78 Å². The Morgan fingerprint density at radius 1 is 1.40 bits per heavy atom. The Balaban J connectivity index is 2.22. The van der Waals surface area contributed by atoms with Crippen LogP contribution < -0.4 is 0 Å². The third-order valence-electron chi connectivity index (χ3n) is 3.07. The molecular weight excluding hydrogens is 184 g/mol. The molecule has 78 valence electrons. The van der Waals surface area contributed by atoms with Gasteiger partial charge in [0.2, 0.25) is 0 Å². The van der Waals surface area contributed by atoms with Crippen LogP contribution in [0.5, 0.6) is 0 Å². The molecule has 2 rings (SSSR count). The maximum Gasteiger partial charge on any atom is 0.166 e. The summed E-state index contributed by atoms with van der Waals surface area (Å²) in [5.74, 6) is 0.533. The molecule has 0 heterocycles. The molecule has 1 unspecified atom stereocenters. The minimum atomic E-state index is 0.205. The molecule has 1 aliphatic carbocycles. The molecule has 0 saturated carbocycles. The zero-order valence-electron chi connectivity index (χ0n) is 9.07. The van der Waals surface area contributed by atoms with E-state index < -0.39 is 0 Å². The van der Waals surface area contributed by atoms with Crippen molar-refractivity contribution in [1.82, 2.24) is 0 Å². The zero-order valence-corrected chi connectivity index (χ0v) is 9.07. The van der Waals surface area contributed by atoms with Crippen molar-refractivity contribution < 1.29 is 4.79 Å². The van der Waals surface area contributed by atoms with E-state index in [1.165, 1.54) is 5.56 Å². The van der Waals surface area contributed by atoms with E-state index in [9.17, 15) is 4.79 Å². The molecule has 0 spiro atoms. The Morgan fingerprint density at radius 2 is 2.20 bits per heavy atom. The lowest BCUT2D eigenvalue weighted by Crippen LogP contribution is -2.21. The normalized spacial score (nSPS) is 20.6. The van der Waals surface area contributed by atoms with Gasteiger partial charge in [0, 0.05) is 11.5 Å². The van der Waals surface area contributed by atoms with Gasteiger partial charge in [-0.2, -0.15) is 0 Å². The van der Waals surface area contributed by atoms with Crippen LogP contribution in [-0.4, -0.2) is 5.78 Å². The molecule has 0 N–H and O–H groups in total. The van der Waals surface area contributed by atoms with Crippen LogP contribution in [0.2, 0.25) is 0 Å². The first-order valence-corrected chi connectivity index (χ1v) is 5.56. The van der Waals surface area contributed by atoms with Crippen LogP contribution in [0.15, 0.2) is 36.4 Å². The fourth-order valence-corrected chi connectivity index (χ4v) is 2.18. The Hall–Kier alpha value is -1.37. The average molecular weight is 200 g/mol. The van der Waals surface area contributed by atoms with Crippen molar-refractivity contribution in [2.24, 2.45) is 5.92 Å². The van der Waals surface area contributed by atoms with Gasteiger partial charge in [0.05, 0.1) is 0 Å². The highest BCUT2D eigenvalue weighted by atomic mass is 16.1. The van der Waals surface area contributed by atoms with Crippen molar-refractivity contribution in [2.75, 3.05) is 0 Å². The third kappa shape index (κ3) is 2.01. The molecule has 0 amide bonds. The number of carbonyl (C=O) groups is 1. The number of benzene rings is 1. The van der Waals surface area contributed by atoms with Gasteiger partial charge < -0.3 is 0 Å². The number of Topliss-reactive ketones (excluding diaryl/α,β-unsaturated/α-hetero) is 1. The molecule has 1 aromatic rings. The number of carbonyl (C=O) groups excluding carboxylic acids is 1. The summed E-state index contributed by atoms with van der Waals surface area (Å²) in [7, 11) is 0. The second kappa shape index (κ2) is 4.43. The molecule has 0 aromatic heterocycles. The summed E-state index contributed by atoms with van der Waals surface area (Å²) < 4.78 is 0. The lowest BCUT2D eigenvalue weighted by molar-refractivity contribution is 0.0903. The molecule has 15 heavy (non-hydrogen) atoms. The summed E-state index contributed by atoms with van der Waals surface area (Å²) >= 11 is 0. The second-order valence-electron chi connectivity index (χ2n) is 4.06. The molecule has 0 bridgehead atoms. The van der Waals surface area contributed by atoms with Gasteiger partial charge >= 0.3 is 0 Å². The largest absolute Gasteiger partial charge is 0.294 e. The monoisotopic (exact) mass is 200 g/mol. The molecule has 0 saturated heterocycles. The Bertz CT molecular complexity index is 390. The van der Waals surface area contributed by atoms with Gasteiger partial charge in [-0.1, -0.05) is 36.4 Å². The highest BCUT2D eigenvalue weighted by molar-refractivity contribution is 6.00. The summed E-state index contributed by atoms with van der Waals surface area (Å²) in [6, 6.07) is 7.99. The standard InChI is InChI=1S/C14H16O/c1-2-3-6-12-10-9-11-7-4-5-8-13(11)14(12)15/h2-5,7-8,12H,6,9-10H2,1H3. The molecule has 1 aliphatic rings. The lowest BCUT2D eigenvalue weighted by atomic mass is 9.81.